The van der Waals surface area contributed by atoms with Crippen LogP contribution in [0, 0.1) is 0 Å². The number of hydrogen-bond acceptors (Lipinski definition) is 5. The average Bonchev–Trinajstić information content (AvgIpc) is 3.07. The van der Waals surface area contributed by atoms with Crippen molar-refractivity contribution in [1.29, 1.82) is 0 Å². The number of amides is 3. The Morgan fingerprint density at radius 3 is 2.76 bits per heavy atom. The summed E-state index contributed by atoms with van der Waals surface area (Å²) in [5.41, 5.74) is 6.24. The highest BCUT2D eigenvalue weighted by Crippen LogP contribution is 2.10. The molecule has 9 nitrogen and oxygen atoms in total. The van der Waals surface area contributed by atoms with E-state index in [1.54, 1.807) is 10.9 Å². The third-order valence-corrected chi connectivity index (χ3v) is 4.48. The summed E-state index contributed by atoms with van der Waals surface area (Å²) in [6.45, 7) is 1.09. The van der Waals surface area contributed by atoms with Crippen LogP contribution in [0.15, 0.2) is 42.6 Å². The zero-order chi connectivity index (χ0) is 20.5. The van der Waals surface area contributed by atoms with Crippen LogP contribution in [0.25, 0.3) is 6.08 Å². The standard InChI is InChI=1S/C20H24N6O3/c27-18(22-23-19(28)15-25-12-6-2-5-9-20(25)29)11-10-17-14-26(24-21-17)13-16-7-3-1-4-8-16/h1,3-4,7-8,10-11,14H,2,5-6,9,12-13,15H2,(H,22,27)(H,23,28)/b11-10+. The van der Waals surface area contributed by atoms with Crippen LogP contribution in [0.5, 0.6) is 0 Å². The summed E-state index contributed by atoms with van der Waals surface area (Å²) in [6.07, 6.45) is 7.69. The maximum absolute atomic E-state index is 12.0. The molecule has 1 fully saturated rings. The molecule has 2 heterocycles. The van der Waals surface area contributed by atoms with Crippen LogP contribution in [-0.4, -0.2) is 50.7 Å². The van der Waals surface area contributed by atoms with Gasteiger partial charge >= 0.3 is 0 Å². The van der Waals surface area contributed by atoms with Crippen molar-refractivity contribution in [3.05, 3.63) is 53.9 Å². The van der Waals surface area contributed by atoms with E-state index in [2.05, 4.69) is 21.2 Å². The van der Waals surface area contributed by atoms with E-state index in [-0.39, 0.29) is 12.5 Å². The smallest absolute Gasteiger partial charge is 0.262 e. The van der Waals surface area contributed by atoms with Gasteiger partial charge in [-0.1, -0.05) is 42.0 Å². The molecule has 3 amide bonds. The molecule has 1 aromatic carbocycles. The summed E-state index contributed by atoms with van der Waals surface area (Å²) in [5.74, 6) is -0.962. The number of rotatable bonds is 6. The first-order chi connectivity index (χ1) is 14.1. The zero-order valence-electron chi connectivity index (χ0n) is 16.1. The van der Waals surface area contributed by atoms with E-state index in [1.807, 2.05) is 30.3 Å². The van der Waals surface area contributed by atoms with Gasteiger partial charge in [-0.05, 0) is 24.5 Å². The normalized spacial score (nSPS) is 14.6. The fourth-order valence-corrected chi connectivity index (χ4v) is 2.99. The second kappa shape index (κ2) is 10.2. The number of hydrogen-bond donors (Lipinski definition) is 2. The predicted octanol–water partition coefficient (Wildman–Crippen LogP) is 0.890. The first-order valence-corrected chi connectivity index (χ1v) is 9.59. The van der Waals surface area contributed by atoms with E-state index >= 15 is 0 Å². The summed E-state index contributed by atoms with van der Waals surface area (Å²) in [6, 6.07) is 9.84. The molecule has 0 bridgehead atoms. The van der Waals surface area contributed by atoms with E-state index in [9.17, 15) is 14.4 Å². The molecule has 1 aliphatic heterocycles. The van der Waals surface area contributed by atoms with E-state index < -0.39 is 11.8 Å². The molecule has 152 valence electrons. The van der Waals surface area contributed by atoms with Crippen molar-refractivity contribution in [2.45, 2.75) is 32.2 Å². The van der Waals surface area contributed by atoms with Crippen molar-refractivity contribution in [1.82, 2.24) is 30.7 Å². The lowest BCUT2D eigenvalue weighted by Crippen LogP contribution is -2.47. The number of hydrazine groups is 1. The van der Waals surface area contributed by atoms with Crippen molar-refractivity contribution in [2.24, 2.45) is 0 Å². The molecule has 0 aliphatic carbocycles. The summed E-state index contributed by atoms with van der Waals surface area (Å²) < 4.78 is 1.67. The Morgan fingerprint density at radius 1 is 1.10 bits per heavy atom. The molecule has 0 atom stereocenters. The molecule has 1 aromatic heterocycles. The van der Waals surface area contributed by atoms with Gasteiger partial charge in [0.25, 0.3) is 11.8 Å². The lowest BCUT2D eigenvalue weighted by Gasteiger charge is -2.19. The van der Waals surface area contributed by atoms with Gasteiger partial charge in [-0.25, -0.2) is 4.68 Å². The van der Waals surface area contributed by atoms with Gasteiger partial charge in [0.15, 0.2) is 0 Å². The first-order valence-electron chi connectivity index (χ1n) is 9.59. The molecule has 0 spiro atoms. The number of likely N-dealkylation sites (tertiary alicyclic amines) is 1. The summed E-state index contributed by atoms with van der Waals surface area (Å²) in [7, 11) is 0. The third-order valence-electron chi connectivity index (χ3n) is 4.48. The summed E-state index contributed by atoms with van der Waals surface area (Å²) in [5, 5.41) is 8.01. The van der Waals surface area contributed by atoms with E-state index in [0.717, 1.165) is 24.8 Å². The largest absolute Gasteiger partial charge is 0.333 e. The second-order valence-corrected chi connectivity index (χ2v) is 6.82. The van der Waals surface area contributed by atoms with Gasteiger partial charge in [0.1, 0.15) is 12.2 Å². The van der Waals surface area contributed by atoms with E-state index in [4.69, 9.17) is 0 Å². The number of carbonyl (C=O) groups excluding carboxylic acids is 3. The van der Waals surface area contributed by atoms with Crippen LogP contribution in [0.4, 0.5) is 0 Å². The molecular weight excluding hydrogens is 372 g/mol. The monoisotopic (exact) mass is 396 g/mol. The molecule has 9 heteroatoms. The van der Waals surface area contributed by atoms with Gasteiger partial charge in [-0.15, -0.1) is 5.10 Å². The predicted molar refractivity (Wildman–Crippen MR) is 106 cm³/mol. The van der Waals surface area contributed by atoms with Gasteiger partial charge < -0.3 is 4.90 Å². The van der Waals surface area contributed by atoms with Crippen molar-refractivity contribution in [3.63, 3.8) is 0 Å². The molecular formula is C20H24N6O3. The molecule has 0 saturated carbocycles. The fraction of sp³-hybridized carbons (Fsp3) is 0.350. The topological polar surface area (TPSA) is 109 Å². The molecule has 29 heavy (non-hydrogen) atoms. The lowest BCUT2D eigenvalue weighted by atomic mass is 10.2. The Morgan fingerprint density at radius 2 is 1.93 bits per heavy atom. The second-order valence-electron chi connectivity index (χ2n) is 6.82. The molecule has 0 radical (unpaired) electrons. The van der Waals surface area contributed by atoms with Crippen LogP contribution < -0.4 is 10.9 Å². The highest BCUT2D eigenvalue weighted by molar-refractivity contribution is 5.93. The summed E-state index contributed by atoms with van der Waals surface area (Å²) in [4.78, 5) is 37.3. The molecule has 1 aliphatic rings. The van der Waals surface area contributed by atoms with Crippen molar-refractivity contribution in [3.8, 4) is 0 Å². The Labute approximate surface area is 168 Å². The van der Waals surface area contributed by atoms with Crippen LogP contribution in [0.2, 0.25) is 0 Å². The number of nitrogens with one attached hydrogen (secondary N) is 2. The van der Waals surface area contributed by atoms with Crippen LogP contribution in [0.3, 0.4) is 0 Å². The third kappa shape index (κ3) is 6.56. The van der Waals surface area contributed by atoms with Crippen LogP contribution >= 0.6 is 0 Å². The Kier molecular flexibility index (Phi) is 7.10. The first kappa shape index (κ1) is 20.2. The van der Waals surface area contributed by atoms with Crippen molar-refractivity contribution >= 4 is 23.8 Å². The Bertz CT molecular complexity index is 877. The van der Waals surface area contributed by atoms with Crippen LogP contribution in [-0.2, 0) is 20.9 Å². The average molecular weight is 396 g/mol. The van der Waals surface area contributed by atoms with Gasteiger partial charge in [0.2, 0.25) is 5.91 Å². The lowest BCUT2D eigenvalue weighted by molar-refractivity contribution is -0.136. The SMILES string of the molecule is O=C(/C=C/c1cn(Cc2ccccc2)nn1)NNC(=O)CN1CCCCCC1=O. The van der Waals surface area contributed by atoms with E-state index in [0.29, 0.717) is 25.2 Å². The van der Waals surface area contributed by atoms with Crippen LogP contribution in [0.1, 0.15) is 36.9 Å². The molecule has 0 unspecified atom stereocenters. The van der Waals surface area contributed by atoms with E-state index in [1.165, 1.54) is 17.1 Å². The maximum Gasteiger partial charge on any atom is 0.262 e. The minimum absolute atomic E-state index is 0.0255. The van der Waals surface area contributed by atoms with Gasteiger partial charge in [-0.3, -0.25) is 25.2 Å². The highest BCUT2D eigenvalue weighted by Gasteiger charge is 2.19. The number of aromatic nitrogens is 3. The highest BCUT2D eigenvalue weighted by atomic mass is 16.2. The summed E-state index contributed by atoms with van der Waals surface area (Å²) >= 11 is 0. The molecule has 1 saturated heterocycles. The molecule has 3 rings (SSSR count). The quantitative estimate of drug-likeness (QED) is 0.557. The fourth-order valence-electron chi connectivity index (χ4n) is 2.99. The molecule has 2 aromatic rings. The minimum Gasteiger partial charge on any atom is -0.333 e. The Balaban J connectivity index is 1.42. The maximum atomic E-state index is 12.0. The Hall–Kier alpha value is -3.49. The van der Waals surface area contributed by atoms with Gasteiger partial charge in [0.05, 0.1) is 12.7 Å². The van der Waals surface area contributed by atoms with Crippen molar-refractivity contribution < 1.29 is 14.4 Å². The van der Waals surface area contributed by atoms with Crippen molar-refractivity contribution in [2.75, 3.05) is 13.1 Å². The van der Waals surface area contributed by atoms with Gasteiger partial charge in [0, 0.05) is 19.0 Å². The minimum atomic E-state index is -0.502. The number of carbonyl (C=O) groups is 3. The van der Waals surface area contributed by atoms with Gasteiger partial charge in [-0.2, -0.15) is 0 Å². The number of benzene rings is 1. The molecule has 2 N–H and O–H groups in total. The number of nitrogens with zero attached hydrogens (tertiary/aromatic N) is 4. The zero-order valence-corrected chi connectivity index (χ0v) is 16.1.